The minimum absolute atomic E-state index is 0.154. The Morgan fingerprint density at radius 2 is 1.39 bits per heavy atom. The number of hydrogen-bond donors (Lipinski definition) is 2. The summed E-state index contributed by atoms with van der Waals surface area (Å²) in [5.41, 5.74) is 2.97. The molecule has 0 aromatic heterocycles. The molecule has 4 rings (SSSR count). The number of nitrogens with one attached hydrogen (secondary N) is 1. The summed E-state index contributed by atoms with van der Waals surface area (Å²) in [5.74, 6) is -0.162. The van der Waals surface area contributed by atoms with Crippen LogP contribution in [0.2, 0.25) is 0 Å². The quantitative estimate of drug-likeness (QED) is 0.592. The summed E-state index contributed by atoms with van der Waals surface area (Å²) >= 11 is 0. The van der Waals surface area contributed by atoms with Crippen molar-refractivity contribution in [3.63, 3.8) is 0 Å². The molecule has 0 radical (unpaired) electrons. The molecule has 1 heterocycles. The molecule has 0 spiro atoms. The van der Waals surface area contributed by atoms with Crippen molar-refractivity contribution in [1.82, 2.24) is 10.2 Å². The van der Waals surface area contributed by atoms with Crippen molar-refractivity contribution in [3.05, 3.63) is 108 Å². The highest BCUT2D eigenvalue weighted by molar-refractivity contribution is 5.94. The van der Waals surface area contributed by atoms with Gasteiger partial charge in [0.25, 0.3) is 5.91 Å². The molecule has 5 nitrogen and oxygen atoms in total. The average Bonchev–Trinajstić information content (AvgIpc) is 3.19. The smallest absolute Gasteiger partial charge is 0.251 e. The molecule has 1 aliphatic rings. The Labute approximate surface area is 183 Å². The van der Waals surface area contributed by atoms with Gasteiger partial charge >= 0.3 is 0 Å². The average molecular weight is 417 g/mol. The molecule has 5 heteroatoms. The summed E-state index contributed by atoms with van der Waals surface area (Å²) in [4.78, 5) is 14.6. The molecule has 0 aliphatic carbocycles. The number of carbonyl (C=O) groups is 1. The topological polar surface area (TPSA) is 61.8 Å². The Hall–Kier alpha value is -2.99. The molecule has 0 unspecified atom stereocenters. The second kappa shape index (κ2) is 10.4. The monoisotopic (exact) mass is 416 g/mol. The van der Waals surface area contributed by atoms with Crippen LogP contribution >= 0.6 is 0 Å². The van der Waals surface area contributed by atoms with Crippen molar-refractivity contribution < 1.29 is 14.6 Å². The number of benzene rings is 3. The van der Waals surface area contributed by atoms with Gasteiger partial charge in [0, 0.05) is 25.2 Å². The Morgan fingerprint density at radius 3 is 1.94 bits per heavy atom. The molecule has 2 N–H and O–H groups in total. The Bertz CT molecular complexity index is 909. The van der Waals surface area contributed by atoms with Gasteiger partial charge in [-0.1, -0.05) is 78.9 Å². The zero-order valence-corrected chi connectivity index (χ0v) is 17.4. The van der Waals surface area contributed by atoms with Crippen molar-refractivity contribution in [2.24, 2.45) is 0 Å². The van der Waals surface area contributed by atoms with Gasteiger partial charge in [0.1, 0.15) is 6.10 Å². The van der Waals surface area contributed by atoms with E-state index < -0.39 is 12.2 Å². The van der Waals surface area contributed by atoms with Crippen LogP contribution in [0.25, 0.3) is 0 Å². The van der Waals surface area contributed by atoms with Crippen molar-refractivity contribution in [1.29, 1.82) is 0 Å². The maximum absolute atomic E-state index is 12.3. The Balaban J connectivity index is 1.42. The van der Waals surface area contributed by atoms with Crippen molar-refractivity contribution in [2.45, 2.75) is 31.3 Å². The molecular formula is C26H28N2O3. The number of carbonyl (C=O) groups excluding carboxylic acids is 1. The highest BCUT2D eigenvalue weighted by atomic mass is 16.5. The van der Waals surface area contributed by atoms with E-state index >= 15 is 0 Å². The van der Waals surface area contributed by atoms with E-state index in [0.717, 1.165) is 0 Å². The van der Waals surface area contributed by atoms with E-state index in [9.17, 15) is 9.90 Å². The lowest BCUT2D eigenvalue weighted by Gasteiger charge is -2.31. The number of amides is 1. The number of rotatable bonds is 8. The normalized spacial score (nSPS) is 20.6. The van der Waals surface area contributed by atoms with Crippen LogP contribution in [0.5, 0.6) is 0 Å². The zero-order chi connectivity index (χ0) is 21.5. The number of nitrogens with zero attached hydrogens (tertiary/aromatic N) is 1. The standard InChI is InChI=1S/C26H28N2O3/c29-25-23(19-31-24(25)16-27-26(30)22-14-8-3-9-15-22)28(17-20-10-4-1-5-11-20)18-21-12-6-2-7-13-21/h1-15,23-25,29H,16-19H2,(H,27,30)/t23-,24-,25+/m1/s1. The van der Waals surface area contributed by atoms with Gasteiger partial charge in [-0.25, -0.2) is 0 Å². The third-order valence-corrected chi connectivity index (χ3v) is 5.68. The molecule has 1 amide bonds. The third-order valence-electron chi connectivity index (χ3n) is 5.68. The first kappa shape index (κ1) is 21.2. The minimum atomic E-state index is -0.691. The van der Waals surface area contributed by atoms with Crippen LogP contribution in [-0.2, 0) is 17.8 Å². The number of hydrogen-bond acceptors (Lipinski definition) is 4. The van der Waals surface area contributed by atoms with Crippen LogP contribution in [-0.4, -0.2) is 47.3 Å². The fourth-order valence-electron chi connectivity index (χ4n) is 3.98. The molecule has 31 heavy (non-hydrogen) atoms. The van der Waals surface area contributed by atoms with Crippen LogP contribution in [0.3, 0.4) is 0 Å². The molecule has 3 atom stereocenters. The summed E-state index contributed by atoms with van der Waals surface area (Å²) in [6.07, 6.45) is -1.13. The SMILES string of the molecule is O=C(NC[C@H]1OC[C@@H](N(Cc2ccccc2)Cc2ccccc2)[C@@H]1O)c1ccccc1. The van der Waals surface area contributed by atoms with Gasteiger partial charge in [0.05, 0.1) is 18.8 Å². The van der Waals surface area contributed by atoms with Crippen LogP contribution in [0, 0.1) is 0 Å². The molecule has 0 bridgehead atoms. The summed E-state index contributed by atoms with van der Waals surface area (Å²) in [5, 5.41) is 13.9. The molecule has 1 saturated heterocycles. The van der Waals surface area contributed by atoms with Gasteiger partial charge in [-0.15, -0.1) is 0 Å². The molecule has 3 aromatic rings. The maximum atomic E-state index is 12.3. The summed E-state index contributed by atoms with van der Waals surface area (Å²) < 4.78 is 5.91. The number of aliphatic hydroxyl groups excluding tert-OH is 1. The zero-order valence-electron chi connectivity index (χ0n) is 17.4. The number of ether oxygens (including phenoxy) is 1. The molecule has 3 aromatic carbocycles. The van der Waals surface area contributed by atoms with Gasteiger partial charge in [-0.2, -0.15) is 0 Å². The highest BCUT2D eigenvalue weighted by Gasteiger charge is 2.39. The highest BCUT2D eigenvalue weighted by Crippen LogP contribution is 2.23. The summed E-state index contributed by atoms with van der Waals surface area (Å²) in [6.45, 7) is 2.12. The van der Waals surface area contributed by atoms with Crippen LogP contribution in [0.1, 0.15) is 21.5 Å². The van der Waals surface area contributed by atoms with Gasteiger partial charge in [0.15, 0.2) is 0 Å². The Morgan fingerprint density at radius 1 is 0.871 bits per heavy atom. The molecule has 160 valence electrons. The first-order valence-electron chi connectivity index (χ1n) is 10.7. The first-order chi connectivity index (χ1) is 15.2. The Kier molecular flexibility index (Phi) is 7.10. The molecular weight excluding hydrogens is 388 g/mol. The van der Waals surface area contributed by atoms with Gasteiger partial charge < -0.3 is 15.2 Å². The summed E-state index contributed by atoms with van der Waals surface area (Å²) in [6, 6.07) is 29.4. The van der Waals surface area contributed by atoms with E-state index in [1.165, 1.54) is 11.1 Å². The number of aliphatic hydroxyl groups is 1. The first-order valence-corrected chi connectivity index (χ1v) is 10.7. The predicted octanol–water partition coefficient (Wildman–Crippen LogP) is 3.25. The van der Waals surface area contributed by atoms with Crippen LogP contribution in [0.15, 0.2) is 91.0 Å². The fourth-order valence-corrected chi connectivity index (χ4v) is 3.98. The fraction of sp³-hybridized carbons (Fsp3) is 0.269. The maximum Gasteiger partial charge on any atom is 0.251 e. The van der Waals surface area contributed by atoms with Gasteiger partial charge in [0.2, 0.25) is 0 Å². The summed E-state index contributed by atoms with van der Waals surface area (Å²) in [7, 11) is 0. The predicted molar refractivity (Wildman–Crippen MR) is 120 cm³/mol. The van der Waals surface area contributed by atoms with Crippen molar-refractivity contribution in [2.75, 3.05) is 13.2 Å². The second-order valence-electron chi connectivity index (χ2n) is 7.88. The van der Waals surface area contributed by atoms with E-state index in [-0.39, 0.29) is 18.5 Å². The van der Waals surface area contributed by atoms with Crippen LogP contribution < -0.4 is 5.32 Å². The lowest BCUT2D eigenvalue weighted by atomic mass is 10.0. The van der Waals surface area contributed by atoms with E-state index in [4.69, 9.17) is 4.74 Å². The lowest BCUT2D eigenvalue weighted by molar-refractivity contribution is 0.0300. The van der Waals surface area contributed by atoms with Crippen LogP contribution in [0.4, 0.5) is 0 Å². The van der Waals surface area contributed by atoms with Gasteiger partial charge in [-0.05, 0) is 23.3 Å². The molecule has 1 fully saturated rings. The second-order valence-corrected chi connectivity index (χ2v) is 7.88. The lowest BCUT2D eigenvalue weighted by Crippen LogP contribution is -2.46. The minimum Gasteiger partial charge on any atom is -0.389 e. The van der Waals surface area contributed by atoms with Gasteiger partial charge in [-0.3, -0.25) is 9.69 Å². The third kappa shape index (κ3) is 5.58. The largest absolute Gasteiger partial charge is 0.389 e. The molecule has 0 saturated carbocycles. The van der Waals surface area contributed by atoms with E-state index in [2.05, 4.69) is 34.5 Å². The van der Waals surface area contributed by atoms with E-state index in [1.54, 1.807) is 12.1 Å². The van der Waals surface area contributed by atoms with Crippen molar-refractivity contribution in [3.8, 4) is 0 Å². The van der Waals surface area contributed by atoms with E-state index in [1.807, 2.05) is 54.6 Å². The van der Waals surface area contributed by atoms with Crippen molar-refractivity contribution >= 4 is 5.91 Å². The molecule has 1 aliphatic heterocycles. The van der Waals surface area contributed by atoms with E-state index in [0.29, 0.717) is 25.3 Å².